The lowest BCUT2D eigenvalue weighted by Gasteiger charge is -2.13. The van der Waals surface area contributed by atoms with Gasteiger partial charge in [-0.15, -0.1) is 0 Å². The number of hydrogen-bond donors (Lipinski definition) is 0. The first-order chi connectivity index (χ1) is 13.9. The van der Waals surface area contributed by atoms with Gasteiger partial charge in [-0.05, 0) is 43.0 Å². The molecule has 0 saturated heterocycles. The van der Waals surface area contributed by atoms with Crippen molar-refractivity contribution in [3.8, 4) is 0 Å². The van der Waals surface area contributed by atoms with Gasteiger partial charge in [0.1, 0.15) is 0 Å². The van der Waals surface area contributed by atoms with Crippen molar-refractivity contribution in [2.24, 2.45) is 0 Å². The van der Waals surface area contributed by atoms with Crippen LogP contribution in [0.4, 0.5) is 4.53 Å². The third kappa shape index (κ3) is 3.64. The lowest BCUT2D eigenvalue weighted by atomic mass is 9.99. The highest BCUT2D eigenvalue weighted by atomic mass is 35.5. The van der Waals surface area contributed by atoms with Crippen molar-refractivity contribution in [2.75, 3.05) is 0 Å². The Morgan fingerprint density at radius 1 is 1.41 bits per heavy atom. The van der Waals surface area contributed by atoms with Gasteiger partial charge in [-0.1, -0.05) is 43.3 Å². The number of fused-ring (bicyclic) bond motifs is 3. The standard InChI is InChI=1S/C22H22ClFN2O2S/c1-12(2)20-19-17(6-8-25-20)26-9-7-14(10-18(27)28-24)21(26)22(19)29-15-5-4-13(3)16(23)11-15/h4-6,8,11-12,14H,7,9-10H2,1-3H3. The molecule has 4 rings (SSSR count). The number of rotatable bonds is 5. The Kier molecular flexibility index (Phi) is 5.58. The Balaban J connectivity index is 1.91. The molecule has 0 bridgehead atoms. The van der Waals surface area contributed by atoms with Crippen molar-refractivity contribution in [1.82, 2.24) is 9.55 Å². The first-order valence-electron chi connectivity index (χ1n) is 9.67. The SMILES string of the molecule is Cc1ccc(Sc2c3n(c4ccnc(C(C)C)c24)CCC3CC(=O)OF)cc1Cl. The Hall–Kier alpha value is -2.05. The van der Waals surface area contributed by atoms with Crippen LogP contribution in [0, 0.1) is 6.92 Å². The van der Waals surface area contributed by atoms with Gasteiger partial charge in [-0.3, -0.25) is 9.93 Å². The second kappa shape index (κ2) is 8.00. The third-order valence-electron chi connectivity index (χ3n) is 5.50. The molecule has 3 heterocycles. The summed E-state index contributed by atoms with van der Waals surface area (Å²) >= 11 is 7.98. The summed E-state index contributed by atoms with van der Waals surface area (Å²) in [5, 5.41) is 1.83. The topological polar surface area (TPSA) is 44.1 Å². The van der Waals surface area contributed by atoms with E-state index in [1.807, 2.05) is 37.4 Å². The molecule has 0 N–H and O–H groups in total. The van der Waals surface area contributed by atoms with Gasteiger partial charge >= 0.3 is 5.97 Å². The van der Waals surface area contributed by atoms with E-state index >= 15 is 0 Å². The molecule has 0 saturated carbocycles. The van der Waals surface area contributed by atoms with Crippen LogP contribution in [0.25, 0.3) is 10.9 Å². The minimum atomic E-state index is -0.828. The van der Waals surface area contributed by atoms with Gasteiger partial charge in [-0.25, -0.2) is 4.79 Å². The highest BCUT2D eigenvalue weighted by Gasteiger charge is 2.33. The van der Waals surface area contributed by atoms with Crippen molar-refractivity contribution >= 4 is 40.2 Å². The average molecular weight is 433 g/mol. The molecular formula is C22H22ClFN2O2S. The van der Waals surface area contributed by atoms with Crippen LogP contribution >= 0.6 is 23.4 Å². The molecule has 0 radical (unpaired) electrons. The van der Waals surface area contributed by atoms with Gasteiger partial charge in [0.05, 0.1) is 17.6 Å². The predicted octanol–water partition coefficient (Wildman–Crippen LogP) is 6.58. The van der Waals surface area contributed by atoms with Crippen LogP contribution in [0.15, 0.2) is 40.3 Å². The number of nitrogens with zero attached hydrogens (tertiary/aromatic N) is 2. The maximum atomic E-state index is 12.4. The summed E-state index contributed by atoms with van der Waals surface area (Å²) in [4.78, 5) is 21.9. The highest BCUT2D eigenvalue weighted by Crippen LogP contribution is 2.48. The van der Waals surface area contributed by atoms with Crippen LogP contribution in [0.2, 0.25) is 5.02 Å². The molecule has 4 nitrogen and oxygen atoms in total. The summed E-state index contributed by atoms with van der Waals surface area (Å²) in [6, 6.07) is 8.03. The van der Waals surface area contributed by atoms with Crippen LogP contribution in [-0.2, 0) is 16.3 Å². The maximum Gasteiger partial charge on any atom is 0.349 e. The molecule has 1 aromatic carbocycles. The Bertz CT molecular complexity index is 1100. The summed E-state index contributed by atoms with van der Waals surface area (Å²) in [6.07, 6.45) is 2.65. The predicted molar refractivity (Wildman–Crippen MR) is 113 cm³/mol. The molecule has 7 heteroatoms. The van der Waals surface area contributed by atoms with Crippen LogP contribution in [0.3, 0.4) is 0 Å². The van der Waals surface area contributed by atoms with Gasteiger partial charge in [0.25, 0.3) is 0 Å². The van der Waals surface area contributed by atoms with E-state index in [1.165, 1.54) is 0 Å². The lowest BCUT2D eigenvalue weighted by molar-refractivity contribution is -0.184. The van der Waals surface area contributed by atoms with Gasteiger partial charge in [0, 0.05) is 49.1 Å². The summed E-state index contributed by atoms with van der Waals surface area (Å²) < 4.78 is 14.7. The Morgan fingerprint density at radius 3 is 2.90 bits per heavy atom. The minimum Gasteiger partial charge on any atom is -0.343 e. The number of aromatic nitrogens is 2. The summed E-state index contributed by atoms with van der Waals surface area (Å²) in [5.41, 5.74) is 4.21. The number of halogens is 2. The number of aryl methyl sites for hydroxylation is 2. The second-order valence-electron chi connectivity index (χ2n) is 7.76. The molecule has 152 valence electrons. The van der Waals surface area contributed by atoms with E-state index in [0.717, 1.165) is 55.6 Å². The third-order valence-corrected chi connectivity index (χ3v) is 7.01. The van der Waals surface area contributed by atoms with E-state index in [0.29, 0.717) is 0 Å². The van der Waals surface area contributed by atoms with Crippen molar-refractivity contribution in [2.45, 2.75) is 61.8 Å². The van der Waals surface area contributed by atoms with E-state index < -0.39 is 5.97 Å². The molecular weight excluding hydrogens is 411 g/mol. The van der Waals surface area contributed by atoms with Crippen molar-refractivity contribution < 1.29 is 14.3 Å². The first-order valence-corrected chi connectivity index (χ1v) is 10.9. The largest absolute Gasteiger partial charge is 0.349 e. The van der Waals surface area contributed by atoms with Gasteiger partial charge in [-0.2, -0.15) is 0 Å². The average Bonchev–Trinajstić information content (AvgIpc) is 3.24. The minimum absolute atomic E-state index is 0.0273. The molecule has 1 aliphatic rings. The molecule has 1 unspecified atom stereocenters. The van der Waals surface area contributed by atoms with Crippen molar-refractivity contribution in [3.63, 3.8) is 0 Å². The molecule has 0 fully saturated rings. The molecule has 29 heavy (non-hydrogen) atoms. The summed E-state index contributed by atoms with van der Waals surface area (Å²) in [7, 11) is 0. The zero-order valence-electron chi connectivity index (χ0n) is 16.5. The first kappa shape index (κ1) is 20.2. The Labute approximate surface area is 178 Å². The van der Waals surface area contributed by atoms with Crippen LogP contribution in [-0.4, -0.2) is 15.5 Å². The fourth-order valence-electron chi connectivity index (χ4n) is 4.10. The second-order valence-corrected chi connectivity index (χ2v) is 9.25. The van der Waals surface area contributed by atoms with Gasteiger partial charge < -0.3 is 4.57 Å². The summed E-state index contributed by atoms with van der Waals surface area (Å²) in [5.74, 6) is -0.670. The van der Waals surface area contributed by atoms with Crippen LogP contribution in [0.1, 0.15) is 55.5 Å². The maximum absolute atomic E-state index is 12.4. The Morgan fingerprint density at radius 2 is 2.21 bits per heavy atom. The zero-order chi connectivity index (χ0) is 20.7. The van der Waals surface area contributed by atoms with Crippen LogP contribution in [0.5, 0.6) is 0 Å². The zero-order valence-corrected chi connectivity index (χ0v) is 18.1. The number of pyridine rings is 1. The molecule has 3 aromatic rings. The number of carbonyl (C=O) groups is 1. The molecule has 1 aliphatic heterocycles. The van der Waals surface area contributed by atoms with Gasteiger partial charge in [0.15, 0.2) is 0 Å². The summed E-state index contributed by atoms with van der Waals surface area (Å²) in [6.45, 7) is 7.01. The number of hydrogen-bond acceptors (Lipinski definition) is 4. The smallest absolute Gasteiger partial charge is 0.343 e. The van der Waals surface area contributed by atoms with E-state index in [1.54, 1.807) is 11.8 Å². The quantitative estimate of drug-likeness (QED) is 0.456. The molecule has 0 spiro atoms. The molecule has 2 aromatic heterocycles. The monoisotopic (exact) mass is 432 g/mol. The molecule has 1 atom stereocenters. The fraction of sp³-hybridized carbons (Fsp3) is 0.364. The number of benzene rings is 1. The van der Waals surface area contributed by atoms with E-state index in [-0.39, 0.29) is 18.3 Å². The van der Waals surface area contributed by atoms with Crippen LogP contribution < -0.4 is 0 Å². The van der Waals surface area contributed by atoms with E-state index in [9.17, 15) is 9.32 Å². The van der Waals surface area contributed by atoms with E-state index in [2.05, 4.69) is 28.3 Å². The van der Waals surface area contributed by atoms with E-state index in [4.69, 9.17) is 11.6 Å². The molecule has 0 aliphatic carbocycles. The fourth-order valence-corrected chi connectivity index (χ4v) is 5.59. The highest BCUT2D eigenvalue weighted by molar-refractivity contribution is 7.99. The van der Waals surface area contributed by atoms with Crippen molar-refractivity contribution in [3.05, 3.63) is 52.4 Å². The van der Waals surface area contributed by atoms with Gasteiger partial charge in [0.2, 0.25) is 0 Å². The normalized spacial score (nSPS) is 15.9. The number of carbonyl (C=O) groups excluding carboxylic acids is 1. The lowest BCUT2D eigenvalue weighted by Crippen LogP contribution is -2.05. The van der Waals surface area contributed by atoms with Crippen molar-refractivity contribution in [1.29, 1.82) is 0 Å². The molecule has 0 amide bonds.